The summed E-state index contributed by atoms with van der Waals surface area (Å²) in [7, 11) is 8.05. The van der Waals surface area contributed by atoms with Crippen LogP contribution in [0.4, 0.5) is 0 Å². The Hall–Kier alpha value is -0.160. The molecule has 0 unspecified atom stereocenters. The minimum atomic E-state index is -0.413. The number of nitrogens with zero attached hydrogens (tertiary/aromatic N) is 2. The first-order chi connectivity index (χ1) is 6.85. The molecule has 90 valence electrons. The Morgan fingerprint density at radius 3 is 2.33 bits per heavy atom. The van der Waals surface area contributed by atoms with Crippen molar-refractivity contribution in [3.05, 3.63) is 0 Å². The fraction of sp³-hybridized carbons (Fsp3) is 1.00. The molecule has 0 aromatic carbocycles. The molecule has 0 bridgehead atoms. The Balaban J connectivity index is 2.57. The zero-order chi connectivity index (χ0) is 11.6. The van der Waals surface area contributed by atoms with E-state index in [9.17, 15) is 5.11 Å². The third-order valence-electron chi connectivity index (χ3n) is 2.93. The van der Waals surface area contributed by atoms with E-state index in [4.69, 9.17) is 4.74 Å². The monoisotopic (exact) mass is 216 g/mol. The standard InChI is InChI=1S/C11H24N2O2/c1-11(8-13(4)5)10(14)9(7-15-11)6-12(2)3/h9-10,14H,6-8H2,1-5H3/t9-,10-,11+/m0/s1. The van der Waals surface area contributed by atoms with E-state index in [0.29, 0.717) is 6.61 Å². The van der Waals surface area contributed by atoms with Gasteiger partial charge in [0.25, 0.3) is 0 Å². The molecule has 0 aromatic heterocycles. The summed E-state index contributed by atoms with van der Waals surface area (Å²) in [5, 5.41) is 10.2. The molecule has 0 radical (unpaired) electrons. The lowest BCUT2D eigenvalue weighted by atomic mass is 9.91. The summed E-state index contributed by atoms with van der Waals surface area (Å²) in [4.78, 5) is 4.15. The zero-order valence-electron chi connectivity index (χ0n) is 10.5. The van der Waals surface area contributed by atoms with E-state index in [0.717, 1.165) is 13.1 Å². The summed E-state index contributed by atoms with van der Waals surface area (Å²) < 4.78 is 5.76. The summed E-state index contributed by atoms with van der Waals surface area (Å²) in [5.41, 5.74) is -0.413. The highest BCUT2D eigenvalue weighted by Crippen LogP contribution is 2.31. The molecule has 4 nitrogen and oxygen atoms in total. The van der Waals surface area contributed by atoms with Gasteiger partial charge in [-0.05, 0) is 35.1 Å². The molecule has 0 aromatic rings. The number of aliphatic hydroxyl groups is 1. The number of hydrogen-bond acceptors (Lipinski definition) is 4. The molecular weight excluding hydrogens is 192 g/mol. The maximum atomic E-state index is 10.2. The largest absolute Gasteiger partial charge is 0.390 e. The van der Waals surface area contributed by atoms with Gasteiger partial charge in [-0.1, -0.05) is 0 Å². The van der Waals surface area contributed by atoms with Crippen molar-refractivity contribution in [2.75, 3.05) is 47.9 Å². The Labute approximate surface area is 92.8 Å². The lowest BCUT2D eigenvalue weighted by Gasteiger charge is -2.31. The van der Waals surface area contributed by atoms with Crippen LogP contribution >= 0.6 is 0 Å². The lowest BCUT2D eigenvalue weighted by Crippen LogP contribution is -2.47. The minimum Gasteiger partial charge on any atom is -0.390 e. The van der Waals surface area contributed by atoms with E-state index in [2.05, 4.69) is 9.80 Å². The Kier molecular flexibility index (Phi) is 4.12. The van der Waals surface area contributed by atoms with E-state index < -0.39 is 5.60 Å². The normalized spacial score (nSPS) is 36.8. The first-order valence-electron chi connectivity index (χ1n) is 5.46. The van der Waals surface area contributed by atoms with Gasteiger partial charge in [0.1, 0.15) is 5.60 Å². The Bertz CT molecular complexity index is 209. The molecule has 1 rings (SSSR count). The van der Waals surface area contributed by atoms with Crippen LogP contribution < -0.4 is 0 Å². The van der Waals surface area contributed by atoms with Crippen LogP contribution in [0.3, 0.4) is 0 Å². The molecule has 0 amide bonds. The van der Waals surface area contributed by atoms with Crippen LogP contribution in [-0.2, 0) is 4.74 Å². The molecule has 1 heterocycles. The summed E-state index contributed by atoms with van der Waals surface area (Å²) in [6.07, 6.45) is -0.373. The van der Waals surface area contributed by atoms with Gasteiger partial charge in [0.05, 0.1) is 12.7 Å². The topological polar surface area (TPSA) is 35.9 Å². The third kappa shape index (κ3) is 3.14. The van der Waals surface area contributed by atoms with Crippen LogP contribution in [-0.4, -0.2) is 74.5 Å². The van der Waals surface area contributed by atoms with Crippen LogP contribution in [0.2, 0.25) is 0 Å². The Morgan fingerprint density at radius 1 is 1.27 bits per heavy atom. The molecule has 15 heavy (non-hydrogen) atoms. The first kappa shape index (κ1) is 12.9. The predicted molar refractivity (Wildman–Crippen MR) is 61.0 cm³/mol. The molecule has 1 fully saturated rings. The third-order valence-corrected chi connectivity index (χ3v) is 2.93. The van der Waals surface area contributed by atoms with Gasteiger partial charge in [0, 0.05) is 19.0 Å². The summed E-state index contributed by atoms with van der Waals surface area (Å²) in [6, 6.07) is 0. The lowest BCUT2D eigenvalue weighted by molar-refractivity contribution is -0.0596. The van der Waals surface area contributed by atoms with Crippen molar-refractivity contribution in [3.8, 4) is 0 Å². The molecule has 0 aliphatic carbocycles. The van der Waals surface area contributed by atoms with E-state index in [1.807, 2.05) is 35.1 Å². The molecule has 1 saturated heterocycles. The zero-order valence-corrected chi connectivity index (χ0v) is 10.5. The van der Waals surface area contributed by atoms with Crippen molar-refractivity contribution in [2.24, 2.45) is 5.92 Å². The predicted octanol–water partition coefficient (Wildman–Crippen LogP) is -0.124. The molecule has 1 aliphatic rings. The van der Waals surface area contributed by atoms with Gasteiger partial charge in [-0.3, -0.25) is 0 Å². The maximum absolute atomic E-state index is 10.2. The molecular formula is C11H24N2O2. The summed E-state index contributed by atoms with van der Waals surface area (Å²) in [5.74, 6) is 0.227. The van der Waals surface area contributed by atoms with Gasteiger partial charge in [-0.25, -0.2) is 0 Å². The maximum Gasteiger partial charge on any atom is 0.104 e. The van der Waals surface area contributed by atoms with Gasteiger partial charge >= 0.3 is 0 Å². The quantitative estimate of drug-likeness (QED) is 0.710. The average Bonchev–Trinajstić information content (AvgIpc) is 2.31. The number of aliphatic hydroxyl groups excluding tert-OH is 1. The van der Waals surface area contributed by atoms with E-state index in [-0.39, 0.29) is 12.0 Å². The van der Waals surface area contributed by atoms with Crippen molar-refractivity contribution < 1.29 is 9.84 Å². The van der Waals surface area contributed by atoms with E-state index in [1.165, 1.54) is 0 Å². The molecule has 1 aliphatic heterocycles. The van der Waals surface area contributed by atoms with Crippen LogP contribution in [0.25, 0.3) is 0 Å². The highest BCUT2D eigenvalue weighted by molar-refractivity contribution is 4.96. The second-order valence-electron chi connectivity index (χ2n) is 5.33. The number of ether oxygens (including phenoxy) is 1. The van der Waals surface area contributed by atoms with Crippen molar-refractivity contribution in [3.63, 3.8) is 0 Å². The van der Waals surface area contributed by atoms with Crippen molar-refractivity contribution in [1.29, 1.82) is 0 Å². The second kappa shape index (κ2) is 4.78. The van der Waals surface area contributed by atoms with Gasteiger partial charge in [0.15, 0.2) is 0 Å². The highest BCUT2D eigenvalue weighted by Gasteiger charge is 2.45. The van der Waals surface area contributed by atoms with Crippen LogP contribution in [0.5, 0.6) is 0 Å². The Morgan fingerprint density at radius 2 is 1.87 bits per heavy atom. The SMILES string of the molecule is CN(C)C[C@H]1CO[C@](C)(CN(C)C)[C@H]1O. The average molecular weight is 216 g/mol. The molecule has 1 N–H and O–H groups in total. The number of rotatable bonds is 4. The van der Waals surface area contributed by atoms with Gasteiger partial charge in [-0.2, -0.15) is 0 Å². The van der Waals surface area contributed by atoms with Crippen LogP contribution in [0.15, 0.2) is 0 Å². The van der Waals surface area contributed by atoms with Crippen molar-refractivity contribution in [2.45, 2.75) is 18.6 Å². The smallest absolute Gasteiger partial charge is 0.104 e. The van der Waals surface area contributed by atoms with Crippen molar-refractivity contribution in [1.82, 2.24) is 9.80 Å². The van der Waals surface area contributed by atoms with Gasteiger partial charge in [-0.15, -0.1) is 0 Å². The minimum absolute atomic E-state index is 0.227. The van der Waals surface area contributed by atoms with E-state index >= 15 is 0 Å². The summed E-state index contributed by atoms with van der Waals surface area (Å²) in [6.45, 7) is 4.29. The van der Waals surface area contributed by atoms with Gasteiger partial charge in [0.2, 0.25) is 0 Å². The van der Waals surface area contributed by atoms with Crippen LogP contribution in [0.1, 0.15) is 6.92 Å². The van der Waals surface area contributed by atoms with Crippen molar-refractivity contribution >= 4 is 0 Å². The molecule has 0 spiro atoms. The molecule has 4 heteroatoms. The fourth-order valence-electron chi connectivity index (χ4n) is 2.36. The number of likely N-dealkylation sites (N-methyl/N-ethyl adjacent to an activating group) is 1. The fourth-order valence-corrected chi connectivity index (χ4v) is 2.36. The highest BCUT2D eigenvalue weighted by atomic mass is 16.5. The second-order valence-corrected chi connectivity index (χ2v) is 5.33. The molecule has 3 atom stereocenters. The molecule has 0 saturated carbocycles. The first-order valence-corrected chi connectivity index (χ1v) is 5.46. The summed E-state index contributed by atoms with van der Waals surface area (Å²) >= 11 is 0. The van der Waals surface area contributed by atoms with Gasteiger partial charge < -0.3 is 19.6 Å². The van der Waals surface area contributed by atoms with E-state index in [1.54, 1.807) is 0 Å². The number of hydrogen-bond donors (Lipinski definition) is 1. The van der Waals surface area contributed by atoms with Crippen LogP contribution in [0, 0.1) is 5.92 Å².